The summed E-state index contributed by atoms with van der Waals surface area (Å²) in [7, 11) is 0. The van der Waals surface area contributed by atoms with Gasteiger partial charge in [0.05, 0.1) is 0 Å². The zero-order valence-corrected chi connectivity index (χ0v) is 21.3. The second kappa shape index (κ2) is 9.82. The van der Waals surface area contributed by atoms with E-state index < -0.39 is 40.9 Å². The predicted octanol–water partition coefficient (Wildman–Crippen LogP) is 7.48. The molecule has 0 heterocycles. The molecule has 4 aliphatic carbocycles. The lowest BCUT2D eigenvalue weighted by Crippen LogP contribution is -2.56. The average molecular weight is 565 g/mol. The molecular formula is C30H26F6O4. The third kappa shape index (κ3) is 4.92. The lowest BCUT2D eigenvalue weighted by molar-refractivity contribution is -0.143. The lowest BCUT2D eigenvalue weighted by Gasteiger charge is -2.62. The van der Waals surface area contributed by atoms with Gasteiger partial charge in [0.15, 0.2) is 0 Å². The number of alkyl halides is 6. The van der Waals surface area contributed by atoms with Crippen molar-refractivity contribution in [1.82, 2.24) is 0 Å². The summed E-state index contributed by atoms with van der Waals surface area (Å²) >= 11 is 0. The van der Waals surface area contributed by atoms with Crippen LogP contribution in [0.4, 0.5) is 26.3 Å². The van der Waals surface area contributed by atoms with E-state index in [1.54, 1.807) is 24.3 Å². The highest BCUT2D eigenvalue weighted by Gasteiger charge is 2.58. The maximum absolute atomic E-state index is 12.8. The summed E-state index contributed by atoms with van der Waals surface area (Å²) in [6, 6.07) is 12.9. The number of rotatable bonds is 6. The van der Waals surface area contributed by atoms with Crippen LogP contribution in [0.5, 0.6) is 11.5 Å². The number of carbonyl (C=O) groups is 2. The fourth-order valence-electron chi connectivity index (χ4n) is 7.20. The third-order valence-corrected chi connectivity index (χ3v) is 8.69. The first-order valence-electron chi connectivity index (χ1n) is 12.9. The van der Waals surface area contributed by atoms with Crippen molar-refractivity contribution in [3.8, 4) is 11.5 Å². The molecule has 0 N–H and O–H groups in total. The van der Waals surface area contributed by atoms with Crippen molar-refractivity contribution in [2.45, 2.75) is 49.9 Å². The molecule has 2 aromatic rings. The Labute approximate surface area is 226 Å². The smallest absolute Gasteiger partial charge is 0.422 e. The normalized spacial score (nSPS) is 24.9. The van der Waals surface area contributed by atoms with E-state index in [0.717, 1.165) is 36.8 Å². The molecule has 4 nitrogen and oxygen atoms in total. The fourth-order valence-corrected chi connectivity index (χ4v) is 7.20. The molecule has 4 saturated carbocycles. The summed E-state index contributed by atoms with van der Waals surface area (Å²) in [5, 5.41) is 0. The van der Waals surface area contributed by atoms with Gasteiger partial charge in [0.2, 0.25) is 0 Å². The van der Waals surface area contributed by atoms with Crippen LogP contribution in [-0.2, 0) is 15.0 Å². The molecular weight excluding hydrogens is 538 g/mol. The minimum Gasteiger partial charge on any atom is -0.423 e. The number of hydrogen-bond donors (Lipinski definition) is 0. The van der Waals surface area contributed by atoms with Gasteiger partial charge >= 0.3 is 24.3 Å². The summed E-state index contributed by atoms with van der Waals surface area (Å²) in [6.45, 7) is 5.54. The Hall–Kier alpha value is -3.56. The van der Waals surface area contributed by atoms with Gasteiger partial charge in [-0.3, -0.25) is 0 Å². The number of carbonyl (C=O) groups excluding carboxylic acids is 2. The van der Waals surface area contributed by atoms with E-state index >= 15 is 0 Å². The van der Waals surface area contributed by atoms with Crippen molar-refractivity contribution < 1.29 is 45.4 Å². The molecule has 4 fully saturated rings. The number of esters is 2. The largest absolute Gasteiger partial charge is 0.423 e. The monoisotopic (exact) mass is 564 g/mol. The van der Waals surface area contributed by atoms with Gasteiger partial charge in [-0.1, -0.05) is 37.4 Å². The summed E-state index contributed by atoms with van der Waals surface area (Å²) in [5.74, 6) is -1.52. The average Bonchev–Trinajstić information content (AvgIpc) is 2.88. The van der Waals surface area contributed by atoms with Gasteiger partial charge in [-0.25, -0.2) is 9.59 Å². The molecule has 212 valence electrons. The SMILES string of the molecule is C=C(C(=O)Oc1ccc(C2(c3ccc(OC(=O)C(=C)C(F)(F)F)cc3)C3CC4CC(C3)CC2C4)cc1)C(F)(F)F. The van der Waals surface area contributed by atoms with Crippen molar-refractivity contribution in [3.63, 3.8) is 0 Å². The van der Waals surface area contributed by atoms with E-state index in [0.29, 0.717) is 11.8 Å². The van der Waals surface area contributed by atoms with E-state index in [1.807, 2.05) is 0 Å². The van der Waals surface area contributed by atoms with Gasteiger partial charge in [-0.15, -0.1) is 0 Å². The van der Waals surface area contributed by atoms with Gasteiger partial charge in [0.25, 0.3) is 0 Å². The fraction of sp³-hybridized carbons (Fsp3) is 0.400. The maximum atomic E-state index is 12.8. The number of hydrogen-bond acceptors (Lipinski definition) is 4. The number of benzene rings is 2. The molecule has 0 aromatic heterocycles. The molecule has 0 amide bonds. The van der Waals surface area contributed by atoms with Crippen LogP contribution in [0.2, 0.25) is 0 Å². The Bertz CT molecular complexity index is 1220. The van der Waals surface area contributed by atoms with Crippen molar-refractivity contribution in [2.75, 3.05) is 0 Å². The Morgan fingerprint density at radius 3 is 1.25 bits per heavy atom. The molecule has 4 aliphatic rings. The summed E-state index contributed by atoms with van der Waals surface area (Å²) < 4.78 is 86.7. The molecule has 0 spiro atoms. The Morgan fingerprint density at radius 1 is 0.625 bits per heavy atom. The quantitative estimate of drug-likeness (QED) is 0.158. The molecule has 0 unspecified atom stereocenters. The first kappa shape index (κ1) is 28.0. The molecule has 0 radical (unpaired) electrons. The van der Waals surface area contributed by atoms with E-state index in [-0.39, 0.29) is 23.3 Å². The van der Waals surface area contributed by atoms with Crippen LogP contribution in [0.3, 0.4) is 0 Å². The molecule has 40 heavy (non-hydrogen) atoms. The zero-order chi connectivity index (χ0) is 29.0. The first-order valence-corrected chi connectivity index (χ1v) is 12.9. The van der Waals surface area contributed by atoms with Gasteiger partial charge in [-0.2, -0.15) is 26.3 Å². The van der Waals surface area contributed by atoms with Crippen LogP contribution in [0, 0.1) is 23.7 Å². The van der Waals surface area contributed by atoms with E-state index in [1.165, 1.54) is 30.7 Å². The lowest BCUT2D eigenvalue weighted by atomic mass is 9.42. The first-order chi connectivity index (χ1) is 18.7. The molecule has 0 saturated heterocycles. The van der Waals surface area contributed by atoms with Crippen LogP contribution in [0.1, 0.15) is 43.2 Å². The summed E-state index contributed by atoms with van der Waals surface area (Å²) in [4.78, 5) is 23.8. The molecule has 0 atom stereocenters. The van der Waals surface area contributed by atoms with Crippen LogP contribution in [-0.4, -0.2) is 24.3 Å². The van der Waals surface area contributed by atoms with Crippen molar-refractivity contribution in [1.29, 1.82) is 0 Å². The Balaban J connectivity index is 1.45. The van der Waals surface area contributed by atoms with E-state index in [2.05, 4.69) is 13.2 Å². The van der Waals surface area contributed by atoms with Crippen molar-refractivity contribution in [2.24, 2.45) is 23.7 Å². The van der Waals surface area contributed by atoms with Crippen LogP contribution >= 0.6 is 0 Å². The second-order valence-electron chi connectivity index (χ2n) is 11.0. The molecule has 6 rings (SSSR count). The molecule has 4 bridgehead atoms. The summed E-state index contributed by atoms with van der Waals surface area (Å²) in [5.41, 5.74) is -1.86. The second-order valence-corrected chi connectivity index (χ2v) is 11.0. The zero-order valence-electron chi connectivity index (χ0n) is 21.3. The predicted molar refractivity (Wildman–Crippen MR) is 132 cm³/mol. The topological polar surface area (TPSA) is 52.6 Å². The minimum absolute atomic E-state index is 0.0507. The molecule has 0 aliphatic heterocycles. The highest BCUT2D eigenvalue weighted by molar-refractivity contribution is 5.91. The van der Waals surface area contributed by atoms with Crippen molar-refractivity contribution >= 4 is 11.9 Å². The maximum Gasteiger partial charge on any atom is 0.422 e. The van der Waals surface area contributed by atoms with Crippen LogP contribution in [0.15, 0.2) is 72.8 Å². The standard InChI is InChI=1S/C30H26F6O4/c1-16(29(31,32)33)26(37)39-24-7-3-20(4-8-24)28(22-12-18-11-19(14-22)15-23(28)13-18)21-5-9-25(10-6-21)40-27(38)17(2)30(34,35)36/h3-10,18-19,22-23H,1-2,11-15H2. The Morgan fingerprint density at radius 2 is 0.950 bits per heavy atom. The summed E-state index contributed by atoms with van der Waals surface area (Å²) in [6.07, 6.45) is -4.62. The Kier molecular flexibility index (Phi) is 6.87. The van der Waals surface area contributed by atoms with E-state index in [9.17, 15) is 35.9 Å². The van der Waals surface area contributed by atoms with E-state index in [4.69, 9.17) is 9.47 Å². The highest BCUT2D eigenvalue weighted by atomic mass is 19.4. The number of ether oxygens (including phenoxy) is 2. The molecule has 2 aromatic carbocycles. The van der Waals surface area contributed by atoms with Crippen LogP contribution in [0.25, 0.3) is 0 Å². The number of halogens is 6. The van der Waals surface area contributed by atoms with Gasteiger partial charge in [0, 0.05) is 5.41 Å². The highest BCUT2D eigenvalue weighted by Crippen LogP contribution is 2.65. The third-order valence-electron chi connectivity index (χ3n) is 8.69. The molecule has 10 heteroatoms. The van der Waals surface area contributed by atoms with Gasteiger partial charge < -0.3 is 9.47 Å². The minimum atomic E-state index is -4.90. The van der Waals surface area contributed by atoms with Gasteiger partial charge in [0.1, 0.15) is 22.6 Å². The van der Waals surface area contributed by atoms with Crippen LogP contribution < -0.4 is 9.47 Å². The van der Waals surface area contributed by atoms with Gasteiger partial charge in [-0.05, 0) is 91.2 Å². The van der Waals surface area contributed by atoms with Crippen molar-refractivity contribution in [3.05, 3.63) is 84.0 Å².